The van der Waals surface area contributed by atoms with Crippen LogP contribution in [0.5, 0.6) is 0 Å². The summed E-state index contributed by atoms with van der Waals surface area (Å²) in [6.45, 7) is 15.4. The molecular formula is C32H38O8. The third-order valence-corrected chi connectivity index (χ3v) is 12.5. The predicted octanol–water partition coefficient (Wildman–Crippen LogP) is 3.33. The Labute approximate surface area is 234 Å². The Morgan fingerprint density at radius 3 is 2.55 bits per heavy atom. The summed E-state index contributed by atoms with van der Waals surface area (Å²) < 4.78 is 18.4. The fourth-order valence-corrected chi connectivity index (χ4v) is 10.6. The molecule has 2 heterocycles. The van der Waals surface area contributed by atoms with Crippen molar-refractivity contribution in [1.82, 2.24) is 0 Å². The Hall–Kier alpha value is -2.71. The first kappa shape index (κ1) is 26.2. The molecule has 7 aliphatic rings. The van der Waals surface area contributed by atoms with Crippen molar-refractivity contribution >= 4 is 17.9 Å². The highest BCUT2D eigenvalue weighted by molar-refractivity contribution is 5.91. The number of carbonyl (C=O) groups is 3. The second-order valence-corrected chi connectivity index (χ2v) is 14.0. The summed E-state index contributed by atoms with van der Waals surface area (Å²) in [6.07, 6.45) is 5.72. The van der Waals surface area contributed by atoms with Gasteiger partial charge in [0.15, 0.2) is 0 Å². The van der Waals surface area contributed by atoms with Gasteiger partial charge in [-0.3, -0.25) is 9.59 Å². The molecule has 2 bridgehead atoms. The fraction of sp³-hybridized carbons (Fsp3) is 0.656. The molecule has 5 fully saturated rings. The number of hydrogen-bond acceptors (Lipinski definition) is 8. The van der Waals surface area contributed by atoms with E-state index >= 15 is 0 Å². The molecule has 0 aromatic heterocycles. The number of esters is 3. The first-order valence-corrected chi connectivity index (χ1v) is 14.4. The average Bonchev–Trinajstić information content (AvgIpc) is 3.55. The van der Waals surface area contributed by atoms with E-state index in [4.69, 9.17) is 14.2 Å². The van der Waals surface area contributed by atoms with Crippen LogP contribution >= 0.6 is 0 Å². The van der Waals surface area contributed by atoms with Gasteiger partial charge < -0.3 is 24.4 Å². The molecule has 2 N–H and O–H groups in total. The molecule has 5 aliphatic carbocycles. The maximum absolute atomic E-state index is 14.5. The SMILES string of the molecule is C=C1C(=O)O[C@@H]2[C@@H]3[C@@]4(C=C[C@@]3(C)[C@]3(C4)C(=O)O[C@H]4[C@H]3[C@@H](OC(C)=O)CC(=C)[C@]3(O)CC=C(C)[C@H]43)[C@](C)(O)CC[C@@H]12. The van der Waals surface area contributed by atoms with Crippen LogP contribution in [0.15, 0.2) is 48.1 Å². The number of ether oxygens (including phenoxy) is 3. The van der Waals surface area contributed by atoms with Crippen LogP contribution in [0.4, 0.5) is 0 Å². The second kappa shape index (κ2) is 7.57. The zero-order chi connectivity index (χ0) is 28.8. The Morgan fingerprint density at radius 1 is 1.12 bits per heavy atom. The van der Waals surface area contributed by atoms with Gasteiger partial charge in [0.25, 0.3) is 0 Å². The van der Waals surface area contributed by atoms with Crippen molar-refractivity contribution in [3.63, 3.8) is 0 Å². The molecule has 8 heteroatoms. The molecular weight excluding hydrogens is 512 g/mol. The number of fused-ring (bicyclic) bond motifs is 6. The van der Waals surface area contributed by atoms with Gasteiger partial charge in [0.05, 0.1) is 28.5 Å². The van der Waals surface area contributed by atoms with Crippen LogP contribution in [0.25, 0.3) is 0 Å². The van der Waals surface area contributed by atoms with E-state index in [0.717, 1.165) is 5.57 Å². The van der Waals surface area contributed by atoms with Crippen molar-refractivity contribution in [1.29, 1.82) is 0 Å². The lowest BCUT2D eigenvalue weighted by atomic mass is 9.54. The molecule has 0 amide bonds. The van der Waals surface area contributed by atoms with Crippen molar-refractivity contribution in [2.24, 2.45) is 39.9 Å². The van der Waals surface area contributed by atoms with Crippen LogP contribution in [0.1, 0.15) is 59.8 Å². The van der Waals surface area contributed by atoms with Crippen molar-refractivity contribution in [2.45, 2.75) is 89.3 Å². The maximum Gasteiger partial charge on any atom is 0.334 e. The Kier molecular flexibility index (Phi) is 4.96. The van der Waals surface area contributed by atoms with Crippen molar-refractivity contribution in [3.05, 3.63) is 48.1 Å². The van der Waals surface area contributed by atoms with Gasteiger partial charge in [-0.25, -0.2) is 4.79 Å². The van der Waals surface area contributed by atoms with Crippen LogP contribution in [-0.4, -0.2) is 57.6 Å². The molecule has 8 nitrogen and oxygen atoms in total. The largest absolute Gasteiger partial charge is 0.462 e. The average molecular weight is 551 g/mol. The molecule has 2 aliphatic heterocycles. The molecule has 1 spiro atoms. The van der Waals surface area contributed by atoms with Crippen LogP contribution in [0.2, 0.25) is 0 Å². The standard InChI is InChI=1S/C32H38O8/c1-15-7-10-32(37)16(2)13-20(38-18(4)33)22-24(21(15)32)40-27(35)31(22)14-30-12-11-28(31,5)25(30)23-19(8-9-29(30,6)36)17(3)26(34)39-23/h7,11-12,19-25,36-37H,2-3,8-10,13-14H2,1,4-6H3/t19-,20-,21+,22+,23-,24+,25-,28+,29+,30-,31-,32+/m0/s1. The van der Waals surface area contributed by atoms with E-state index in [1.54, 1.807) is 0 Å². The Bertz CT molecular complexity index is 1360. The zero-order valence-corrected chi connectivity index (χ0v) is 23.6. The highest BCUT2D eigenvalue weighted by atomic mass is 16.6. The summed E-state index contributed by atoms with van der Waals surface area (Å²) in [4.78, 5) is 39.8. The van der Waals surface area contributed by atoms with Crippen LogP contribution in [0, 0.1) is 39.9 Å². The summed E-state index contributed by atoms with van der Waals surface area (Å²) in [5, 5.41) is 24.1. The first-order valence-electron chi connectivity index (χ1n) is 14.4. The number of allylic oxidation sites excluding steroid dienone is 1. The van der Waals surface area contributed by atoms with Crippen molar-refractivity contribution in [2.75, 3.05) is 0 Å². The molecule has 7 rings (SSSR count). The maximum atomic E-state index is 14.5. The number of hydrogen-bond donors (Lipinski definition) is 2. The van der Waals surface area contributed by atoms with E-state index < -0.39 is 81.4 Å². The fourth-order valence-electron chi connectivity index (χ4n) is 10.6. The molecule has 0 aromatic rings. The van der Waals surface area contributed by atoms with Gasteiger partial charge in [0, 0.05) is 41.6 Å². The van der Waals surface area contributed by atoms with Gasteiger partial charge in [-0.2, -0.15) is 0 Å². The summed E-state index contributed by atoms with van der Waals surface area (Å²) in [6, 6.07) is 0. The lowest BCUT2D eigenvalue weighted by Gasteiger charge is -2.46. The van der Waals surface area contributed by atoms with Gasteiger partial charge >= 0.3 is 17.9 Å². The molecule has 40 heavy (non-hydrogen) atoms. The van der Waals surface area contributed by atoms with Crippen LogP contribution < -0.4 is 0 Å². The van der Waals surface area contributed by atoms with E-state index in [1.807, 2.05) is 39.0 Å². The van der Waals surface area contributed by atoms with E-state index in [-0.39, 0.29) is 18.8 Å². The van der Waals surface area contributed by atoms with Gasteiger partial charge in [-0.05, 0) is 45.1 Å². The van der Waals surface area contributed by atoms with E-state index in [1.165, 1.54) is 6.92 Å². The molecule has 2 saturated heterocycles. The predicted molar refractivity (Wildman–Crippen MR) is 142 cm³/mol. The zero-order valence-electron chi connectivity index (χ0n) is 23.6. The van der Waals surface area contributed by atoms with Crippen LogP contribution in [-0.2, 0) is 28.6 Å². The highest BCUT2D eigenvalue weighted by Crippen LogP contribution is 2.80. The van der Waals surface area contributed by atoms with Gasteiger partial charge in [-0.1, -0.05) is 43.9 Å². The topological polar surface area (TPSA) is 119 Å². The Balaban J connectivity index is 1.46. The van der Waals surface area contributed by atoms with Gasteiger partial charge in [-0.15, -0.1) is 0 Å². The third-order valence-electron chi connectivity index (χ3n) is 12.5. The summed E-state index contributed by atoms with van der Waals surface area (Å²) in [5.74, 6) is -3.15. The minimum Gasteiger partial charge on any atom is -0.462 e. The van der Waals surface area contributed by atoms with E-state index in [0.29, 0.717) is 30.4 Å². The molecule has 0 aromatic carbocycles. The quantitative estimate of drug-likeness (QED) is 0.221. The number of aliphatic hydroxyl groups is 2. The van der Waals surface area contributed by atoms with Crippen molar-refractivity contribution < 1.29 is 38.8 Å². The summed E-state index contributed by atoms with van der Waals surface area (Å²) >= 11 is 0. The molecule has 12 atom stereocenters. The molecule has 0 unspecified atom stereocenters. The summed E-state index contributed by atoms with van der Waals surface area (Å²) in [7, 11) is 0. The van der Waals surface area contributed by atoms with E-state index in [9.17, 15) is 24.6 Å². The van der Waals surface area contributed by atoms with Crippen molar-refractivity contribution in [3.8, 4) is 0 Å². The number of rotatable bonds is 1. The smallest absolute Gasteiger partial charge is 0.334 e. The second-order valence-electron chi connectivity index (χ2n) is 14.0. The monoisotopic (exact) mass is 550 g/mol. The summed E-state index contributed by atoms with van der Waals surface area (Å²) in [5.41, 5.74) is -3.63. The molecule has 214 valence electrons. The molecule has 3 saturated carbocycles. The normalized spacial score (nSPS) is 53.8. The molecule has 0 radical (unpaired) electrons. The highest BCUT2D eigenvalue weighted by Gasteiger charge is 2.84. The van der Waals surface area contributed by atoms with Gasteiger partial charge in [0.2, 0.25) is 0 Å². The first-order chi connectivity index (χ1) is 18.6. The van der Waals surface area contributed by atoms with Crippen LogP contribution in [0.3, 0.4) is 0 Å². The lowest BCUT2D eigenvalue weighted by Crippen LogP contribution is -2.53. The third kappa shape index (κ3) is 2.69. The van der Waals surface area contributed by atoms with Gasteiger partial charge in [0.1, 0.15) is 18.3 Å². The van der Waals surface area contributed by atoms with E-state index in [2.05, 4.69) is 13.2 Å². The Morgan fingerprint density at radius 2 is 1.85 bits per heavy atom. The minimum atomic E-state index is -1.32. The lowest BCUT2D eigenvalue weighted by molar-refractivity contribution is -0.161. The minimum absolute atomic E-state index is 0.193. The number of carbonyl (C=O) groups excluding carboxylic acids is 3.